The number of allylic oxidation sites excluding steroid dienone is 1. The summed E-state index contributed by atoms with van der Waals surface area (Å²) in [5.74, 6) is 0.250. The van der Waals surface area contributed by atoms with E-state index < -0.39 is 5.97 Å². The Morgan fingerprint density at radius 2 is 1.47 bits per heavy atom. The van der Waals surface area contributed by atoms with E-state index in [2.05, 4.69) is 19.8 Å². The highest BCUT2D eigenvalue weighted by Gasteiger charge is 2.11. The fourth-order valence-corrected chi connectivity index (χ4v) is 2.87. The number of carbonyl (C=O) groups is 2. The van der Waals surface area contributed by atoms with E-state index in [0.717, 1.165) is 11.4 Å². The largest absolute Gasteiger partial charge is 0.495 e. The van der Waals surface area contributed by atoms with Gasteiger partial charge in [-0.15, -0.1) is 0 Å². The van der Waals surface area contributed by atoms with Crippen LogP contribution >= 0.6 is 0 Å². The normalized spacial score (nSPS) is 9.34. The number of rotatable bonds is 6. The smallest absolute Gasteiger partial charge is 0.373 e. The van der Waals surface area contributed by atoms with Gasteiger partial charge in [0.15, 0.2) is 5.43 Å². The Bertz CT molecular complexity index is 1310. The molecule has 0 aliphatic carbocycles. The Balaban J connectivity index is 0. The zero-order valence-electron chi connectivity index (χ0n) is 20.4. The fraction of sp³-hybridized carbons (Fsp3) is 0.259. The number of methoxy groups -OCH3 is 4. The molecule has 0 atom stereocenters. The van der Waals surface area contributed by atoms with E-state index >= 15 is 0 Å². The minimum atomic E-state index is -0.588. The predicted octanol–water partition coefficient (Wildman–Crippen LogP) is 4.20. The molecule has 0 aliphatic rings. The molecular weight excluding hydrogens is 496 g/mol. The van der Waals surface area contributed by atoms with Gasteiger partial charge >= 0.3 is 18.1 Å². The van der Waals surface area contributed by atoms with Crippen molar-refractivity contribution in [2.24, 2.45) is 0 Å². The van der Waals surface area contributed by atoms with Gasteiger partial charge in [0.05, 0.1) is 39.6 Å². The van der Waals surface area contributed by atoms with Crippen molar-refractivity contribution >= 4 is 34.7 Å². The maximum Gasteiger partial charge on any atom is 0.373 e. The van der Waals surface area contributed by atoms with Crippen LogP contribution in [0.4, 0.5) is 5.69 Å². The molecule has 3 aromatic rings. The van der Waals surface area contributed by atoms with Gasteiger partial charge in [-0.05, 0) is 31.2 Å². The van der Waals surface area contributed by atoms with Gasteiger partial charge in [0.2, 0.25) is 0 Å². The van der Waals surface area contributed by atoms with Crippen molar-refractivity contribution in [3.8, 4) is 11.5 Å². The molecule has 1 heterocycles. The van der Waals surface area contributed by atoms with Gasteiger partial charge in [0.1, 0.15) is 17.2 Å². The number of H-pyrrole nitrogens is 1. The molecule has 11 heteroatoms. The number of carbonyl (C=O) groups excluding carboxylic acids is 4. The van der Waals surface area contributed by atoms with Crippen LogP contribution in [0.1, 0.15) is 32.3 Å². The molecule has 2 N–H and O–H groups in total. The lowest BCUT2D eigenvalue weighted by molar-refractivity contribution is -0.191. The SMILES string of the molecule is C.C.COC(=O)/C=C(\C)Nc1ccccc1OC.COC(=O)c1cc(=O)c2cccc(OC)c2[nH]1.O=C=O. The van der Waals surface area contributed by atoms with Gasteiger partial charge in [-0.25, -0.2) is 9.59 Å². The van der Waals surface area contributed by atoms with Crippen molar-refractivity contribution in [1.29, 1.82) is 0 Å². The van der Waals surface area contributed by atoms with Gasteiger partial charge < -0.3 is 29.2 Å². The molecular formula is C27H34N2O9. The van der Waals surface area contributed by atoms with E-state index in [9.17, 15) is 14.4 Å². The molecule has 0 unspecified atom stereocenters. The summed E-state index contributed by atoms with van der Waals surface area (Å²) in [4.78, 5) is 53.3. The number of hydrogen-bond donors (Lipinski definition) is 2. The van der Waals surface area contributed by atoms with Gasteiger partial charge in [-0.2, -0.15) is 9.59 Å². The van der Waals surface area contributed by atoms with Crippen molar-refractivity contribution < 1.29 is 38.1 Å². The van der Waals surface area contributed by atoms with Crippen LogP contribution in [0, 0.1) is 0 Å². The number of aromatic nitrogens is 1. The van der Waals surface area contributed by atoms with Gasteiger partial charge in [0.25, 0.3) is 0 Å². The van der Waals surface area contributed by atoms with Crippen LogP contribution in [0.3, 0.4) is 0 Å². The molecule has 0 radical (unpaired) electrons. The van der Waals surface area contributed by atoms with Crippen molar-refractivity contribution in [1.82, 2.24) is 4.98 Å². The van der Waals surface area contributed by atoms with Crippen LogP contribution in [0.5, 0.6) is 11.5 Å². The number of ether oxygens (including phenoxy) is 4. The Hall–Kier alpha value is -4.89. The molecule has 1 aromatic heterocycles. The second-order valence-electron chi connectivity index (χ2n) is 6.68. The molecule has 0 fully saturated rings. The number of anilines is 1. The van der Waals surface area contributed by atoms with Crippen LogP contribution in [0.25, 0.3) is 10.9 Å². The van der Waals surface area contributed by atoms with Gasteiger partial charge in [-0.1, -0.05) is 33.1 Å². The van der Waals surface area contributed by atoms with Crippen LogP contribution < -0.4 is 20.2 Å². The number of esters is 2. The van der Waals surface area contributed by atoms with Crippen molar-refractivity contribution in [3.05, 3.63) is 76.2 Å². The summed E-state index contributed by atoms with van der Waals surface area (Å²) in [7, 11) is 5.69. The van der Waals surface area contributed by atoms with E-state index in [1.54, 1.807) is 32.2 Å². The third kappa shape index (κ3) is 10.4. The average molecular weight is 531 g/mol. The van der Waals surface area contributed by atoms with E-state index in [4.69, 9.17) is 19.1 Å². The maximum absolute atomic E-state index is 11.8. The molecule has 0 bridgehead atoms. The number of benzene rings is 2. The summed E-state index contributed by atoms with van der Waals surface area (Å²) in [5, 5.41) is 3.53. The number of pyridine rings is 1. The van der Waals surface area contributed by atoms with Crippen LogP contribution in [-0.2, 0) is 23.9 Å². The molecule has 0 saturated heterocycles. The van der Waals surface area contributed by atoms with Crippen LogP contribution in [-0.4, -0.2) is 51.5 Å². The first-order valence-electron chi connectivity index (χ1n) is 10.2. The van der Waals surface area contributed by atoms with E-state index in [1.165, 1.54) is 33.5 Å². The zero-order chi connectivity index (χ0) is 27.1. The monoisotopic (exact) mass is 530 g/mol. The first-order valence-corrected chi connectivity index (χ1v) is 10.2. The Kier molecular flexibility index (Phi) is 17.1. The molecule has 3 rings (SSSR count). The van der Waals surface area contributed by atoms with Gasteiger partial charge in [0, 0.05) is 23.2 Å². The predicted molar refractivity (Wildman–Crippen MR) is 143 cm³/mol. The second-order valence-corrected chi connectivity index (χ2v) is 6.68. The zero-order valence-corrected chi connectivity index (χ0v) is 20.4. The minimum absolute atomic E-state index is 0. The number of fused-ring (bicyclic) bond motifs is 1. The first-order chi connectivity index (χ1) is 17.3. The third-order valence-corrected chi connectivity index (χ3v) is 4.43. The topological polar surface area (TPSA) is 150 Å². The lowest BCUT2D eigenvalue weighted by atomic mass is 10.2. The number of nitrogens with one attached hydrogen (secondary N) is 2. The molecule has 0 amide bonds. The highest BCUT2D eigenvalue weighted by Crippen LogP contribution is 2.24. The lowest BCUT2D eigenvalue weighted by Crippen LogP contribution is -2.11. The minimum Gasteiger partial charge on any atom is -0.495 e. The summed E-state index contributed by atoms with van der Waals surface area (Å²) in [6.07, 6.45) is 1.63. The van der Waals surface area contributed by atoms with Crippen LogP contribution in [0.2, 0.25) is 0 Å². The summed E-state index contributed by atoms with van der Waals surface area (Å²) >= 11 is 0. The van der Waals surface area contributed by atoms with Crippen molar-refractivity contribution in [2.45, 2.75) is 21.8 Å². The Morgan fingerprint density at radius 3 is 2.03 bits per heavy atom. The van der Waals surface area contributed by atoms with Crippen molar-refractivity contribution in [2.75, 3.05) is 33.8 Å². The third-order valence-electron chi connectivity index (χ3n) is 4.43. The highest BCUT2D eigenvalue weighted by molar-refractivity contribution is 5.92. The second kappa shape index (κ2) is 18.4. The quantitative estimate of drug-likeness (QED) is 0.351. The molecule has 11 nitrogen and oxygen atoms in total. The summed E-state index contributed by atoms with van der Waals surface area (Å²) in [6.45, 7) is 1.78. The molecule has 38 heavy (non-hydrogen) atoms. The lowest BCUT2D eigenvalue weighted by Gasteiger charge is -2.10. The maximum atomic E-state index is 11.8. The number of aromatic amines is 1. The molecule has 0 aliphatic heterocycles. The van der Waals surface area contributed by atoms with E-state index in [1.807, 2.05) is 24.3 Å². The molecule has 0 spiro atoms. The highest BCUT2D eigenvalue weighted by atomic mass is 16.5. The first kappa shape index (κ1) is 35.3. The molecule has 206 valence electrons. The Labute approximate surface area is 221 Å². The van der Waals surface area contributed by atoms with E-state index in [0.29, 0.717) is 22.3 Å². The van der Waals surface area contributed by atoms with Crippen LogP contribution in [0.15, 0.2) is 65.1 Å². The standard InChI is InChI=1S/C12H11NO4.C12H15NO3.CO2.2CH4/c1-16-10-5-3-4-7-9(14)6-8(12(15)17-2)13-11(7)10;1-9(8-12(14)16-3)13-10-6-4-5-7-11(10)15-2;2-1-3;;/h3-6H,1-2H3,(H,13,14);4-8,13H,1-3H3;;2*1H4/b;9-8+;;;. The average Bonchev–Trinajstić information content (AvgIpc) is 2.88. The van der Waals surface area contributed by atoms with Gasteiger partial charge in [-0.3, -0.25) is 4.79 Å². The van der Waals surface area contributed by atoms with E-state index in [-0.39, 0.29) is 38.1 Å². The fourth-order valence-electron chi connectivity index (χ4n) is 2.87. The number of hydrogen-bond acceptors (Lipinski definition) is 10. The Morgan fingerprint density at radius 1 is 0.895 bits per heavy atom. The van der Waals surface area contributed by atoms with Crippen molar-refractivity contribution in [3.63, 3.8) is 0 Å². The summed E-state index contributed by atoms with van der Waals surface area (Å²) in [5.41, 5.74) is 1.84. The number of para-hydroxylation sites is 3. The molecule has 2 aromatic carbocycles. The summed E-state index contributed by atoms with van der Waals surface area (Å²) in [6, 6.07) is 13.8. The summed E-state index contributed by atoms with van der Waals surface area (Å²) < 4.78 is 19.4. The molecule has 0 saturated carbocycles.